The third kappa shape index (κ3) is 3.05. The van der Waals surface area contributed by atoms with E-state index in [0.29, 0.717) is 12.5 Å². The van der Waals surface area contributed by atoms with E-state index in [4.69, 9.17) is 5.73 Å². The normalized spacial score (nSPS) is 30.6. The average molecular weight is 252 g/mol. The minimum atomic E-state index is -0.175. The van der Waals surface area contributed by atoms with Crippen molar-refractivity contribution in [3.05, 3.63) is 0 Å². The molecule has 3 heteroatoms. The van der Waals surface area contributed by atoms with E-state index in [-0.39, 0.29) is 11.4 Å². The molecule has 0 saturated heterocycles. The molecule has 18 heavy (non-hydrogen) atoms. The molecule has 0 bridgehead atoms. The molecule has 0 aromatic heterocycles. The van der Waals surface area contributed by atoms with Crippen molar-refractivity contribution in [3.8, 4) is 0 Å². The van der Waals surface area contributed by atoms with Gasteiger partial charge in [-0.05, 0) is 50.9 Å². The van der Waals surface area contributed by atoms with Gasteiger partial charge in [0.2, 0.25) is 5.91 Å². The summed E-state index contributed by atoms with van der Waals surface area (Å²) in [6, 6.07) is 0.462. The Bertz CT molecular complexity index is 291. The minimum absolute atomic E-state index is 0.175. The Kier molecular flexibility index (Phi) is 4.31. The van der Waals surface area contributed by atoms with Gasteiger partial charge in [-0.3, -0.25) is 4.79 Å². The summed E-state index contributed by atoms with van der Waals surface area (Å²) in [5, 5.41) is 0. The van der Waals surface area contributed by atoms with Crippen LogP contribution in [0.5, 0.6) is 0 Å². The Labute approximate surface area is 111 Å². The van der Waals surface area contributed by atoms with Crippen LogP contribution in [0.1, 0.15) is 64.7 Å². The largest absolute Gasteiger partial charge is 0.343 e. The molecule has 1 amide bonds. The van der Waals surface area contributed by atoms with Crippen LogP contribution in [-0.4, -0.2) is 29.4 Å². The van der Waals surface area contributed by atoms with Crippen LogP contribution in [0, 0.1) is 5.92 Å². The summed E-state index contributed by atoms with van der Waals surface area (Å²) in [4.78, 5) is 14.2. The number of carbonyl (C=O) groups is 1. The number of carbonyl (C=O) groups excluding carboxylic acids is 1. The van der Waals surface area contributed by atoms with Crippen molar-refractivity contribution in [2.45, 2.75) is 76.3 Å². The Morgan fingerprint density at radius 3 is 2.33 bits per heavy atom. The molecule has 0 aliphatic heterocycles. The number of hydrogen-bond acceptors (Lipinski definition) is 2. The maximum Gasteiger partial charge on any atom is 0.224 e. The number of rotatable bonds is 4. The molecule has 0 radical (unpaired) electrons. The van der Waals surface area contributed by atoms with E-state index < -0.39 is 0 Å². The molecule has 0 unspecified atom stereocenters. The molecule has 104 valence electrons. The first-order chi connectivity index (χ1) is 8.54. The number of hydrogen-bond donors (Lipinski definition) is 1. The summed E-state index contributed by atoms with van der Waals surface area (Å²) in [7, 11) is 1.97. The molecule has 2 saturated carbocycles. The topological polar surface area (TPSA) is 46.3 Å². The molecule has 3 nitrogen and oxygen atoms in total. The smallest absolute Gasteiger partial charge is 0.224 e. The van der Waals surface area contributed by atoms with Crippen LogP contribution in [0.15, 0.2) is 0 Å². The molecule has 0 heterocycles. The number of nitrogens with zero attached hydrogens (tertiary/aromatic N) is 1. The minimum Gasteiger partial charge on any atom is -0.343 e. The second kappa shape index (κ2) is 5.60. The number of nitrogens with two attached hydrogens (primary N) is 1. The highest BCUT2D eigenvalue weighted by Gasteiger charge is 2.36. The van der Waals surface area contributed by atoms with Crippen molar-refractivity contribution in [1.82, 2.24) is 4.90 Å². The van der Waals surface area contributed by atoms with Gasteiger partial charge in [0.1, 0.15) is 0 Å². The molecule has 0 atom stereocenters. The lowest BCUT2D eigenvalue weighted by Gasteiger charge is -2.40. The fraction of sp³-hybridized carbons (Fsp3) is 0.933. The van der Waals surface area contributed by atoms with Gasteiger partial charge >= 0.3 is 0 Å². The summed E-state index contributed by atoms with van der Waals surface area (Å²) in [6.45, 7) is 2.27. The van der Waals surface area contributed by atoms with E-state index in [2.05, 4.69) is 6.92 Å². The van der Waals surface area contributed by atoms with Gasteiger partial charge in [-0.25, -0.2) is 0 Å². The molecule has 2 fully saturated rings. The van der Waals surface area contributed by atoms with Gasteiger partial charge in [0.25, 0.3) is 0 Å². The Morgan fingerprint density at radius 1 is 1.28 bits per heavy atom. The predicted octanol–water partition coefficient (Wildman–Crippen LogP) is 2.69. The van der Waals surface area contributed by atoms with Crippen LogP contribution >= 0.6 is 0 Å². The van der Waals surface area contributed by atoms with E-state index in [1.807, 2.05) is 11.9 Å². The van der Waals surface area contributed by atoms with Crippen molar-refractivity contribution >= 4 is 5.91 Å². The fourth-order valence-electron chi connectivity index (χ4n) is 3.38. The van der Waals surface area contributed by atoms with E-state index in [1.165, 1.54) is 38.5 Å². The summed E-state index contributed by atoms with van der Waals surface area (Å²) < 4.78 is 0. The second-order valence-corrected chi connectivity index (χ2v) is 6.48. The zero-order valence-electron chi connectivity index (χ0n) is 12.0. The van der Waals surface area contributed by atoms with Gasteiger partial charge in [-0.2, -0.15) is 0 Å². The fourth-order valence-corrected chi connectivity index (χ4v) is 3.38. The van der Waals surface area contributed by atoms with Crippen LogP contribution in [0.4, 0.5) is 0 Å². The van der Waals surface area contributed by atoms with Crippen molar-refractivity contribution < 1.29 is 4.79 Å². The van der Waals surface area contributed by atoms with Gasteiger partial charge < -0.3 is 10.6 Å². The van der Waals surface area contributed by atoms with Gasteiger partial charge in [-0.15, -0.1) is 0 Å². The summed E-state index contributed by atoms with van der Waals surface area (Å²) in [5.41, 5.74) is 5.99. The van der Waals surface area contributed by atoms with Crippen LogP contribution in [0.3, 0.4) is 0 Å². The van der Waals surface area contributed by atoms with Crippen LogP contribution < -0.4 is 5.73 Å². The first-order valence-corrected chi connectivity index (χ1v) is 7.58. The maximum absolute atomic E-state index is 12.2. The highest BCUT2D eigenvalue weighted by Crippen LogP contribution is 2.34. The van der Waals surface area contributed by atoms with Crippen LogP contribution in [0.2, 0.25) is 0 Å². The van der Waals surface area contributed by atoms with Crippen molar-refractivity contribution in [2.75, 3.05) is 7.05 Å². The monoisotopic (exact) mass is 252 g/mol. The third-order valence-electron chi connectivity index (χ3n) is 5.19. The molecule has 2 rings (SSSR count). The summed E-state index contributed by atoms with van der Waals surface area (Å²) >= 11 is 0. The molecule has 2 aliphatic carbocycles. The predicted molar refractivity (Wildman–Crippen MR) is 74.2 cm³/mol. The lowest BCUT2D eigenvalue weighted by Crippen LogP contribution is -2.51. The molecule has 0 spiro atoms. The summed E-state index contributed by atoms with van der Waals surface area (Å²) in [5.74, 6) is 1.15. The zero-order valence-corrected chi connectivity index (χ0v) is 12.0. The lowest BCUT2D eigenvalue weighted by molar-refractivity contribution is -0.134. The zero-order chi connectivity index (χ0) is 13.2. The van der Waals surface area contributed by atoms with Gasteiger partial charge in [0.05, 0.1) is 0 Å². The highest BCUT2D eigenvalue weighted by molar-refractivity contribution is 5.77. The standard InChI is InChI=1S/C15H28N2O/c1-3-12-5-7-13(8-6-12)17(2)14(18)11-15(16)9-4-10-15/h12-13H,3-11,16H2,1-2H3. The first-order valence-electron chi connectivity index (χ1n) is 7.58. The second-order valence-electron chi connectivity index (χ2n) is 6.48. The molecular weight excluding hydrogens is 224 g/mol. The number of amides is 1. The van der Waals surface area contributed by atoms with E-state index in [0.717, 1.165) is 18.8 Å². The Morgan fingerprint density at radius 2 is 1.89 bits per heavy atom. The molecule has 0 aromatic rings. The van der Waals surface area contributed by atoms with Crippen LogP contribution in [0.25, 0.3) is 0 Å². The molecular formula is C15H28N2O. The van der Waals surface area contributed by atoms with E-state index in [1.54, 1.807) is 0 Å². The Hall–Kier alpha value is -0.570. The molecule has 2 N–H and O–H groups in total. The van der Waals surface area contributed by atoms with Gasteiger partial charge in [-0.1, -0.05) is 13.3 Å². The van der Waals surface area contributed by atoms with Crippen molar-refractivity contribution in [2.24, 2.45) is 11.7 Å². The highest BCUT2D eigenvalue weighted by atomic mass is 16.2. The van der Waals surface area contributed by atoms with Crippen molar-refractivity contribution in [3.63, 3.8) is 0 Å². The van der Waals surface area contributed by atoms with Gasteiger partial charge in [0, 0.05) is 25.0 Å². The third-order valence-corrected chi connectivity index (χ3v) is 5.19. The average Bonchev–Trinajstić information content (AvgIpc) is 2.36. The Balaban J connectivity index is 1.80. The quantitative estimate of drug-likeness (QED) is 0.836. The van der Waals surface area contributed by atoms with Gasteiger partial charge in [0.15, 0.2) is 0 Å². The van der Waals surface area contributed by atoms with Crippen LogP contribution in [-0.2, 0) is 4.79 Å². The van der Waals surface area contributed by atoms with Crippen molar-refractivity contribution in [1.29, 1.82) is 0 Å². The maximum atomic E-state index is 12.2. The summed E-state index contributed by atoms with van der Waals surface area (Å²) in [6.07, 6.45) is 10.0. The lowest BCUT2D eigenvalue weighted by atomic mass is 9.75. The molecule has 2 aliphatic rings. The molecule has 0 aromatic carbocycles. The van der Waals surface area contributed by atoms with E-state index >= 15 is 0 Å². The SMILES string of the molecule is CCC1CCC(N(C)C(=O)CC2(N)CCC2)CC1. The van der Waals surface area contributed by atoms with E-state index in [9.17, 15) is 4.79 Å². The first kappa shape index (κ1) is 13.9.